The Morgan fingerprint density at radius 1 is 1.33 bits per heavy atom. The van der Waals surface area contributed by atoms with Gasteiger partial charge in [0.05, 0.1) is 11.3 Å². The van der Waals surface area contributed by atoms with Crippen LogP contribution in [-0.2, 0) is 4.79 Å². The van der Waals surface area contributed by atoms with Gasteiger partial charge in [0, 0.05) is 26.1 Å². The maximum Gasteiger partial charge on any atom is 0.335 e. The fourth-order valence-electron chi connectivity index (χ4n) is 1.91. The highest BCUT2D eigenvalue weighted by Crippen LogP contribution is 2.16. The summed E-state index contributed by atoms with van der Waals surface area (Å²) in [6, 6.07) is 2.70. The number of hydrogen-bond acceptors (Lipinski definition) is 3. The molecule has 0 radical (unpaired) electrons. The van der Waals surface area contributed by atoms with Crippen molar-refractivity contribution in [2.75, 3.05) is 25.0 Å². The molecule has 1 aliphatic heterocycles. The second-order valence-electron chi connectivity index (χ2n) is 4.52. The first-order valence-corrected chi connectivity index (χ1v) is 6.33. The van der Waals surface area contributed by atoms with Crippen LogP contribution in [0.15, 0.2) is 18.2 Å². The van der Waals surface area contributed by atoms with E-state index in [2.05, 4.69) is 10.6 Å². The van der Waals surface area contributed by atoms with Crippen molar-refractivity contribution < 1.29 is 23.9 Å². The highest BCUT2D eigenvalue weighted by atomic mass is 19.1. The predicted molar refractivity (Wildman–Crippen MR) is 71.6 cm³/mol. The van der Waals surface area contributed by atoms with Crippen LogP contribution in [0.4, 0.5) is 14.9 Å². The van der Waals surface area contributed by atoms with Crippen molar-refractivity contribution in [3.05, 3.63) is 29.6 Å². The molecular weight excluding hydrogens is 281 g/mol. The van der Waals surface area contributed by atoms with E-state index in [1.165, 1.54) is 17.0 Å². The van der Waals surface area contributed by atoms with Gasteiger partial charge in [-0.15, -0.1) is 0 Å². The lowest BCUT2D eigenvalue weighted by molar-refractivity contribution is -0.120. The maximum absolute atomic E-state index is 13.7. The normalized spacial score (nSPS) is 15.1. The van der Waals surface area contributed by atoms with Crippen LogP contribution in [0.1, 0.15) is 16.8 Å². The van der Waals surface area contributed by atoms with Gasteiger partial charge in [0.25, 0.3) is 0 Å². The zero-order valence-electron chi connectivity index (χ0n) is 11.1. The monoisotopic (exact) mass is 295 g/mol. The number of anilines is 1. The van der Waals surface area contributed by atoms with Crippen LogP contribution >= 0.6 is 0 Å². The maximum atomic E-state index is 13.7. The third-order valence-corrected chi connectivity index (χ3v) is 3.06. The van der Waals surface area contributed by atoms with E-state index in [4.69, 9.17) is 5.11 Å². The fourth-order valence-corrected chi connectivity index (χ4v) is 1.91. The van der Waals surface area contributed by atoms with Gasteiger partial charge in [-0.3, -0.25) is 4.79 Å². The van der Waals surface area contributed by atoms with E-state index in [-0.39, 0.29) is 30.1 Å². The largest absolute Gasteiger partial charge is 0.478 e. The van der Waals surface area contributed by atoms with Gasteiger partial charge < -0.3 is 20.6 Å². The number of nitrogens with zero attached hydrogens (tertiary/aromatic N) is 1. The first-order valence-electron chi connectivity index (χ1n) is 6.33. The molecule has 2 rings (SSSR count). The first kappa shape index (κ1) is 14.8. The van der Waals surface area contributed by atoms with Crippen LogP contribution in [0.3, 0.4) is 0 Å². The quantitative estimate of drug-likeness (QED) is 0.754. The lowest BCUT2D eigenvalue weighted by atomic mass is 10.2. The van der Waals surface area contributed by atoms with Gasteiger partial charge in [-0.1, -0.05) is 0 Å². The molecule has 7 nitrogen and oxygen atoms in total. The molecule has 8 heteroatoms. The molecule has 0 unspecified atom stereocenters. The number of carboxylic acid groups (broad SMARTS) is 1. The Morgan fingerprint density at radius 3 is 2.76 bits per heavy atom. The molecule has 1 aromatic rings. The summed E-state index contributed by atoms with van der Waals surface area (Å²) in [5.41, 5.74) is -0.302. The molecule has 0 aliphatic carbocycles. The standard InChI is InChI=1S/C13H14FN3O4/c14-9-7-8(12(19)20)1-2-10(9)16-13(21)17-5-3-11(18)15-4-6-17/h1-2,7H,3-6H2,(H,15,18)(H,16,21)(H,19,20). The fraction of sp³-hybridized carbons (Fsp3) is 0.308. The van der Waals surface area contributed by atoms with Crippen molar-refractivity contribution in [2.45, 2.75) is 6.42 Å². The molecule has 1 aromatic carbocycles. The van der Waals surface area contributed by atoms with Crippen molar-refractivity contribution in [1.29, 1.82) is 0 Å². The molecular formula is C13H14FN3O4. The van der Waals surface area contributed by atoms with Crippen molar-refractivity contribution >= 4 is 23.6 Å². The molecule has 0 spiro atoms. The number of carbonyl (C=O) groups is 3. The molecule has 1 saturated heterocycles. The zero-order valence-corrected chi connectivity index (χ0v) is 11.1. The Kier molecular flexibility index (Phi) is 4.36. The third kappa shape index (κ3) is 3.68. The number of carboxylic acids is 1. The number of carbonyl (C=O) groups excluding carboxylic acids is 2. The Balaban J connectivity index is 2.05. The lowest BCUT2D eigenvalue weighted by Gasteiger charge is -2.20. The summed E-state index contributed by atoms with van der Waals surface area (Å²) in [7, 11) is 0. The van der Waals surface area contributed by atoms with Crippen LogP contribution in [0.5, 0.6) is 0 Å². The zero-order chi connectivity index (χ0) is 15.4. The Bertz CT molecular complexity index is 591. The Labute approximate surface area is 119 Å². The molecule has 0 atom stereocenters. The molecule has 0 saturated carbocycles. The third-order valence-electron chi connectivity index (χ3n) is 3.06. The van der Waals surface area contributed by atoms with E-state index in [1.54, 1.807) is 0 Å². The molecule has 1 fully saturated rings. The summed E-state index contributed by atoms with van der Waals surface area (Å²) in [5, 5.41) is 13.7. The van der Waals surface area contributed by atoms with Crippen molar-refractivity contribution in [3.8, 4) is 0 Å². The Morgan fingerprint density at radius 2 is 2.10 bits per heavy atom. The topological polar surface area (TPSA) is 98.7 Å². The van der Waals surface area contributed by atoms with Gasteiger partial charge in [0.15, 0.2) is 0 Å². The highest BCUT2D eigenvalue weighted by Gasteiger charge is 2.19. The van der Waals surface area contributed by atoms with E-state index < -0.39 is 17.8 Å². The van der Waals surface area contributed by atoms with Gasteiger partial charge in [0.1, 0.15) is 5.82 Å². The number of hydrogen-bond donors (Lipinski definition) is 3. The minimum absolute atomic E-state index is 0.103. The van der Waals surface area contributed by atoms with E-state index in [0.29, 0.717) is 13.1 Å². The summed E-state index contributed by atoms with van der Waals surface area (Å²) >= 11 is 0. The summed E-state index contributed by atoms with van der Waals surface area (Å²) < 4.78 is 13.7. The Hall–Kier alpha value is -2.64. The minimum atomic E-state index is -1.25. The van der Waals surface area contributed by atoms with E-state index in [0.717, 1.165) is 6.07 Å². The molecule has 112 valence electrons. The second kappa shape index (κ2) is 6.21. The van der Waals surface area contributed by atoms with E-state index in [9.17, 15) is 18.8 Å². The number of benzene rings is 1. The number of aromatic carboxylic acids is 1. The number of amides is 3. The number of nitrogens with one attached hydrogen (secondary N) is 2. The second-order valence-corrected chi connectivity index (χ2v) is 4.52. The number of halogens is 1. The van der Waals surface area contributed by atoms with Crippen LogP contribution in [-0.4, -0.2) is 47.5 Å². The van der Waals surface area contributed by atoms with Crippen LogP contribution < -0.4 is 10.6 Å². The molecule has 0 aromatic heterocycles. The van der Waals surface area contributed by atoms with Gasteiger partial charge in [-0.05, 0) is 18.2 Å². The molecule has 3 N–H and O–H groups in total. The van der Waals surface area contributed by atoms with Gasteiger partial charge in [0.2, 0.25) is 5.91 Å². The summed E-state index contributed by atoms with van der Waals surface area (Å²) in [6.45, 7) is 0.908. The van der Waals surface area contributed by atoms with Gasteiger partial charge in [-0.2, -0.15) is 0 Å². The van der Waals surface area contributed by atoms with Gasteiger partial charge >= 0.3 is 12.0 Å². The van der Waals surface area contributed by atoms with Crippen LogP contribution in [0.25, 0.3) is 0 Å². The molecule has 0 bridgehead atoms. The molecule has 3 amide bonds. The summed E-state index contributed by atoms with van der Waals surface area (Å²) in [4.78, 5) is 35.3. The smallest absolute Gasteiger partial charge is 0.335 e. The van der Waals surface area contributed by atoms with Crippen molar-refractivity contribution in [1.82, 2.24) is 10.2 Å². The molecule has 1 heterocycles. The van der Waals surface area contributed by atoms with Crippen LogP contribution in [0, 0.1) is 5.82 Å². The summed E-state index contributed by atoms with van der Waals surface area (Å²) in [6.07, 6.45) is 0.188. The van der Waals surface area contributed by atoms with E-state index >= 15 is 0 Å². The average Bonchev–Trinajstić information content (AvgIpc) is 2.65. The summed E-state index contributed by atoms with van der Waals surface area (Å²) in [5.74, 6) is -2.21. The lowest BCUT2D eigenvalue weighted by Crippen LogP contribution is -2.37. The number of rotatable bonds is 2. The number of urea groups is 1. The van der Waals surface area contributed by atoms with Gasteiger partial charge in [-0.25, -0.2) is 14.0 Å². The van der Waals surface area contributed by atoms with Crippen molar-refractivity contribution in [3.63, 3.8) is 0 Å². The SMILES string of the molecule is O=C1CCN(C(=O)Nc2ccc(C(=O)O)cc2F)CCN1. The first-order chi connectivity index (χ1) is 9.97. The molecule has 21 heavy (non-hydrogen) atoms. The molecule has 1 aliphatic rings. The predicted octanol–water partition coefficient (Wildman–Crippen LogP) is 0.878. The average molecular weight is 295 g/mol. The highest BCUT2D eigenvalue weighted by molar-refractivity contribution is 5.92. The minimum Gasteiger partial charge on any atom is -0.478 e. The van der Waals surface area contributed by atoms with Crippen molar-refractivity contribution in [2.24, 2.45) is 0 Å². The van der Waals surface area contributed by atoms with Crippen LogP contribution in [0.2, 0.25) is 0 Å². The van der Waals surface area contributed by atoms with E-state index in [1.807, 2.05) is 0 Å².